The van der Waals surface area contributed by atoms with Gasteiger partial charge in [0, 0.05) is 22.8 Å². The number of carbonyl (C=O) groups excluding carboxylic acids is 1. The van der Waals surface area contributed by atoms with E-state index in [-0.39, 0.29) is 18.0 Å². The molecule has 1 aromatic heterocycles. The average molecular weight is 327 g/mol. The standard InChI is InChI=1S/C13H19BrN4O/c1-8-4-3-5-9(2)18(8)13(19)11-6-10(14)7-16-12(11)17-15/h6-9H,3-5,15H2,1-2H3,(H,16,17). The predicted molar refractivity (Wildman–Crippen MR) is 78.7 cm³/mol. The molecule has 104 valence electrons. The second-order valence-corrected chi connectivity index (χ2v) is 5.95. The van der Waals surface area contributed by atoms with Crippen molar-refractivity contribution < 1.29 is 4.79 Å². The molecule has 0 saturated carbocycles. The van der Waals surface area contributed by atoms with E-state index in [9.17, 15) is 4.79 Å². The number of likely N-dealkylation sites (tertiary alicyclic amines) is 1. The molecule has 1 amide bonds. The molecule has 1 fully saturated rings. The van der Waals surface area contributed by atoms with Gasteiger partial charge in [-0.15, -0.1) is 0 Å². The first kappa shape index (κ1) is 14.3. The number of piperidine rings is 1. The molecule has 1 saturated heterocycles. The van der Waals surface area contributed by atoms with E-state index in [0.717, 1.165) is 17.3 Å². The van der Waals surface area contributed by atoms with E-state index in [0.29, 0.717) is 11.4 Å². The molecule has 19 heavy (non-hydrogen) atoms. The zero-order valence-corrected chi connectivity index (χ0v) is 12.8. The molecule has 0 bridgehead atoms. The lowest BCUT2D eigenvalue weighted by Crippen LogP contribution is -2.47. The van der Waals surface area contributed by atoms with Crippen LogP contribution in [0.2, 0.25) is 0 Å². The maximum absolute atomic E-state index is 12.7. The molecule has 0 radical (unpaired) electrons. The minimum absolute atomic E-state index is 0.0125. The van der Waals surface area contributed by atoms with Crippen molar-refractivity contribution in [2.75, 3.05) is 5.43 Å². The quantitative estimate of drug-likeness (QED) is 0.647. The average Bonchev–Trinajstić information content (AvgIpc) is 2.38. The van der Waals surface area contributed by atoms with E-state index in [1.54, 1.807) is 12.3 Å². The summed E-state index contributed by atoms with van der Waals surface area (Å²) in [5, 5.41) is 0. The Morgan fingerprint density at radius 3 is 2.68 bits per heavy atom. The fourth-order valence-corrected chi connectivity index (χ4v) is 3.01. The molecule has 0 aliphatic carbocycles. The Labute approximate surface area is 121 Å². The number of nitrogens with two attached hydrogens (primary N) is 1. The Morgan fingerprint density at radius 1 is 1.47 bits per heavy atom. The Hall–Kier alpha value is -1.14. The maximum Gasteiger partial charge on any atom is 0.258 e. The van der Waals surface area contributed by atoms with Crippen LogP contribution < -0.4 is 11.3 Å². The number of pyridine rings is 1. The van der Waals surface area contributed by atoms with Crippen molar-refractivity contribution in [2.24, 2.45) is 5.84 Å². The third-order valence-corrected chi connectivity index (χ3v) is 4.08. The van der Waals surface area contributed by atoms with Gasteiger partial charge >= 0.3 is 0 Å². The van der Waals surface area contributed by atoms with Crippen LogP contribution >= 0.6 is 15.9 Å². The van der Waals surface area contributed by atoms with E-state index in [1.807, 2.05) is 4.90 Å². The van der Waals surface area contributed by atoms with Gasteiger partial charge < -0.3 is 10.3 Å². The minimum atomic E-state index is -0.0125. The van der Waals surface area contributed by atoms with Crippen molar-refractivity contribution in [3.63, 3.8) is 0 Å². The van der Waals surface area contributed by atoms with Gasteiger partial charge in [0.15, 0.2) is 5.82 Å². The van der Waals surface area contributed by atoms with E-state index >= 15 is 0 Å². The van der Waals surface area contributed by atoms with Crippen molar-refractivity contribution in [2.45, 2.75) is 45.2 Å². The summed E-state index contributed by atoms with van der Waals surface area (Å²) < 4.78 is 0.771. The number of nitrogens with one attached hydrogen (secondary N) is 1. The largest absolute Gasteiger partial charge is 0.333 e. The van der Waals surface area contributed by atoms with Gasteiger partial charge in [0.2, 0.25) is 0 Å². The third-order valence-electron chi connectivity index (χ3n) is 3.65. The van der Waals surface area contributed by atoms with Crippen molar-refractivity contribution in [3.8, 4) is 0 Å². The van der Waals surface area contributed by atoms with Crippen LogP contribution in [-0.4, -0.2) is 27.9 Å². The summed E-state index contributed by atoms with van der Waals surface area (Å²) in [6.45, 7) is 4.18. The van der Waals surface area contributed by atoms with Crippen LogP contribution in [0.3, 0.4) is 0 Å². The van der Waals surface area contributed by atoms with Gasteiger partial charge in [-0.3, -0.25) is 4.79 Å². The molecular weight excluding hydrogens is 308 g/mol. The fraction of sp³-hybridized carbons (Fsp3) is 0.538. The molecule has 1 aliphatic heterocycles. The van der Waals surface area contributed by atoms with Gasteiger partial charge in [-0.2, -0.15) is 0 Å². The molecule has 1 aromatic rings. The van der Waals surface area contributed by atoms with Crippen molar-refractivity contribution in [1.29, 1.82) is 0 Å². The number of hydrogen-bond donors (Lipinski definition) is 2. The van der Waals surface area contributed by atoms with Crippen LogP contribution in [0.1, 0.15) is 43.5 Å². The Kier molecular flexibility index (Phi) is 4.42. The molecule has 0 spiro atoms. The summed E-state index contributed by atoms with van der Waals surface area (Å²) in [5.41, 5.74) is 3.00. The molecule has 1 aliphatic rings. The lowest BCUT2D eigenvalue weighted by molar-refractivity contribution is 0.0511. The van der Waals surface area contributed by atoms with E-state index in [4.69, 9.17) is 5.84 Å². The van der Waals surface area contributed by atoms with Crippen molar-refractivity contribution >= 4 is 27.7 Å². The molecule has 0 aromatic carbocycles. The summed E-state index contributed by atoms with van der Waals surface area (Å²) >= 11 is 3.35. The zero-order chi connectivity index (χ0) is 14.0. The normalized spacial score (nSPS) is 23.3. The van der Waals surface area contributed by atoms with Gasteiger partial charge in [0.25, 0.3) is 5.91 Å². The Bertz CT molecular complexity index is 470. The topological polar surface area (TPSA) is 71.2 Å². The highest BCUT2D eigenvalue weighted by Crippen LogP contribution is 2.27. The lowest BCUT2D eigenvalue weighted by atomic mass is 9.96. The van der Waals surface area contributed by atoms with Gasteiger partial charge in [-0.1, -0.05) is 0 Å². The van der Waals surface area contributed by atoms with Crippen LogP contribution in [0.4, 0.5) is 5.82 Å². The molecule has 2 unspecified atom stereocenters. The first-order valence-electron chi connectivity index (χ1n) is 6.49. The van der Waals surface area contributed by atoms with Crippen LogP contribution in [0.25, 0.3) is 0 Å². The number of anilines is 1. The summed E-state index contributed by atoms with van der Waals surface area (Å²) in [7, 11) is 0. The second kappa shape index (κ2) is 5.88. The number of carbonyl (C=O) groups is 1. The molecule has 2 atom stereocenters. The Balaban J connectivity index is 2.35. The molecule has 3 N–H and O–H groups in total. The Morgan fingerprint density at radius 2 is 2.11 bits per heavy atom. The summed E-state index contributed by atoms with van der Waals surface area (Å²) in [6.07, 6.45) is 4.88. The smallest absolute Gasteiger partial charge is 0.258 e. The van der Waals surface area contributed by atoms with Gasteiger partial charge in [0.05, 0.1) is 5.56 Å². The number of aromatic nitrogens is 1. The maximum atomic E-state index is 12.7. The van der Waals surface area contributed by atoms with Crippen LogP contribution in [-0.2, 0) is 0 Å². The minimum Gasteiger partial charge on any atom is -0.333 e. The fourth-order valence-electron chi connectivity index (χ4n) is 2.68. The van der Waals surface area contributed by atoms with Crippen LogP contribution in [0, 0.1) is 0 Å². The number of amides is 1. The number of hydrogen-bond acceptors (Lipinski definition) is 4. The van der Waals surface area contributed by atoms with E-state index in [1.165, 1.54) is 6.42 Å². The van der Waals surface area contributed by atoms with Crippen molar-refractivity contribution in [1.82, 2.24) is 9.88 Å². The molecule has 6 heteroatoms. The first-order valence-corrected chi connectivity index (χ1v) is 7.28. The summed E-state index contributed by atoms with van der Waals surface area (Å²) in [4.78, 5) is 18.8. The highest BCUT2D eigenvalue weighted by atomic mass is 79.9. The van der Waals surface area contributed by atoms with Crippen LogP contribution in [0.5, 0.6) is 0 Å². The number of nitrogen functional groups attached to an aromatic ring is 1. The monoisotopic (exact) mass is 326 g/mol. The summed E-state index contributed by atoms with van der Waals surface area (Å²) in [5.74, 6) is 5.84. The number of halogens is 1. The van der Waals surface area contributed by atoms with Crippen molar-refractivity contribution in [3.05, 3.63) is 22.3 Å². The zero-order valence-electron chi connectivity index (χ0n) is 11.2. The van der Waals surface area contributed by atoms with E-state index < -0.39 is 0 Å². The predicted octanol–water partition coefficient (Wildman–Crippen LogP) is 2.53. The lowest BCUT2D eigenvalue weighted by Gasteiger charge is -2.39. The highest BCUT2D eigenvalue weighted by Gasteiger charge is 2.31. The first-order chi connectivity index (χ1) is 9.04. The molecule has 2 heterocycles. The number of nitrogens with zero attached hydrogens (tertiary/aromatic N) is 2. The molecule has 5 nitrogen and oxygen atoms in total. The van der Waals surface area contributed by atoms with E-state index in [2.05, 4.69) is 40.2 Å². The SMILES string of the molecule is CC1CCCC(C)N1C(=O)c1cc(Br)cnc1NN. The van der Waals surface area contributed by atoms with Crippen LogP contribution in [0.15, 0.2) is 16.7 Å². The molecular formula is C13H19BrN4O. The van der Waals surface area contributed by atoms with Gasteiger partial charge in [-0.25, -0.2) is 10.8 Å². The van der Waals surface area contributed by atoms with Gasteiger partial charge in [-0.05, 0) is 55.1 Å². The third kappa shape index (κ3) is 2.90. The second-order valence-electron chi connectivity index (χ2n) is 5.04. The number of rotatable bonds is 2. The molecule has 2 rings (SSSR count). The number of hydrazine groups is 1. The summed E-state index contributed by atoms with van der Waals surface area (Å²) in [6, 6.07) is 2.26. The van der Waals surface area contributed by atoms with Gasteiger partial charge in [0.1, 0.15) is 0 Å². The highest BCUT2D eigenvalue weighted by molar-refractivity contribution is 9.10.